The van der Waals surface area contributed by atoms with Gasteiger partial charge in [0.25, 0.3) is 0 Å². The van der Waals surface area contributed by atoms with Gasteiger partial charge in [-0.25, -0.2) is 0 Å². The van der Waals surface area contributed by atoms with Gasteiger partial charge in [-0.15, -0.1) is 0 Å². The number of nitrogens with two attached hydrogens (primary N) is 1. The van der Waals surface area contributed by atoms with Crippen LogP contribution < -0.4 is 10.5 Å². The normalized spacial score (nSPS) is 25.3. The van der Waals surface area contributed by atoms with E-state index >= 15 is 0 Å². The van der Waals surface area contributed by atoms with Gasteiger partial charge in [0.1, 0.15) is 5.75 Å². The third-order valence-electron chi connectivity index (χ3n) is 3.69. The fourth-order valence-electron chi connectivity index (χ4n) is 2.80. The first-order chi connectivity index (χ1) is 8.33. The summed E-state index contributed by atoms with van der Waals surface area (Å²) in [7, 11) is 0. The van der Waals surface area contributed by atoms with Crippen LogP contribution >= 0.6 is 0 Å². The van der Waals surface area contributed by atoms with Crippen molar-refractivity contribution in [2.75, 3.05) is 6.61 Å². The van der Waals surface area contributed by atoms with Crippen LogP contribution in [-0.2, 0) is 0 Å². The molecule has 1 aliphatic carbocycles. The molecule has 2 N–H and O–H groups in total. The van der Waals surface area contributed by atoms with Crippen molar-refractivity contribution in [1.29, 1.82) is 0 Å². The molecular formula is C15H23NO. The number of hydrogen-bond donors (Lipinski definition) is 1. The predicted molar refractivity (Wildman–Crippen MR) is 71.4 cm³/mol. The lowest BCUT2D eigenvalue weighted by molar-refractivity contribution is 0.330. The monoisotopic (exact) mass is 233 g/mol. The quantitative estimate of drug-likeness (QED) is 0.811. The van der Waals surface area contributed by atoms with Gasteiger partial charge in [0, 0.05) is 12.0 Å². The van der Waals surface area contributed by atoms with Crippen LogP contribution in [0.25, 0.3) is 0 Å². The van der Waals surface area contributed by atoms with E-state index in [1.54, 1.807) is 0 Å². The third-order valence-corrected chi connectivity index (χ3v) is 3.69. The first kappa shape index (κ1) is 12.4. The Morgan fingerprint density at radius 1 is 1.18 bits per heavy atom. The van der Waals surface area contributed by atoms with E-state index in [9.17, 15) is 0 Å². The van der Waals surface area contributed by atoms with Crippen LogP contribution in [0.3, 0.4) is 0 Å². The zero-order valence-corrected chi connectivity index (χ0v) is 10.7. The molecule has 0 spiro atoms. The highest BCUT2D eigenvalue weighted by molar-refractivity contribution is 5.37. The summed E-state index contributed by atoms with van der Waals surface area (Å²) in [4.78, 5) is 0. The molecule has 0 saturated heterocycles. The van der Waals surface area contributed by atoms with Crippen molar-refractivity contribution in [2.24, 2.45) is 5.73 Å². The zero-order valence-electron chi connectivity index (χ0n) is 10.7. The standard InChI is InChI=1S/C15H23NO/c1-2-17-15-11-7-6-9-13(15)12-8-4-3-5-10-14(12)16/h6-7,9,11-12,14H,2-5,8,10,16H2,1H3. The van der Waals surface area contributed by atoms with Crippen molar-refractivity contribution < 1.29 is 4.74 Å². The molecule has 94 valence electrons. The van der Waals surface area contributed by atoms with Crippen molar-refractivity contribution >= 4 is 0 Å². The Bertz CT molecular complexity index is 351. The second-order valence-corrected chi connectivity index (χ2v) is 4.88. The second kappa shape index (κ2) is 6.06. The molecular weight excluding hydrogens is 210 g/mol. The molecule has 0 bridgehead atoms. The smallest absolute Gasteiger partial charge is 0.122 e. The molecule has 0 aliphatic heterocycles. The maximum atomic E-state index is 6.32. The van der Waals surface area contributed by atoms with Crippen molar-refractivity contribution in [3.63, 3.8) is 0 Å². The summed E-state index contributed by atoms with van der Waals surface area (Å²) in [6, 6.07) is 8.67. The summed E-state index contributed by atoms with van der Waals surface area (Å²) in [5, 5.41) is 0. The summed E-state index contributed by atoms with van der Waals surface area (Å²) < 4.78 is 5.72. The van der Waals surface area contributed by atoms with E-state index < -0.39 is 0 Å². The SMILES string of the molecule is CCOc1ccccc1C1CCCCCC1N. The Hall–Kier alpha value is -1.02. The Kier molecular flexibility index (Phi) is 4.43. The number of para-hydroxylation sites is 1. The molecule has 0 heterocycles. The van der Waals surface area contributed by atoms with Crippen LogP contribution in [0.2, 0.25) is 0 Å². The molecule has 1 aromatic rings. The molecule has 17 heavy (non-hydrogen) atoms. The van der Waals surface area contributed by atoms with Crippen LogP contribution in [0.1, 0.15) is 50.5 Å². The van der Waals surface area contributed by atoms with Gasteiger partial charge in [-0.3, -0.25) is 0 Å². The molecule has 2 unspecified atom stereocenters. The highest BCUT2D eigenvalue weighted by Gasteiger charge is 2.24. The minimum Gasteiger partial charge on any atom is -0.494 e. The Morgan fingerprint density at radius 3 is 2.76 bits per heavy atom. The van der Waals surface area contributed by atoms with Gasteiger partial charge in [-0.05, 0) is 31.4 Å². The second-order valence-electron chi connectivity index (χ2n) is 4.88. The van der Waals surface area contributed by atoms with Crippen LogP contribution in [0.15, 0.2) is 24.3 Å². The lowest BCUT2D eigenvalue weighted by atomic mass is 9.87. The Labute approximate surface area is 104 Å². The summed E-state index contributed by atoms with van der Waals surface area (Å²) in [5.41, 5.74) is 7.63. The molecule has 1 aromatic carbocycles. The van der Waals surface area contributed by atoms with Crippen LogP contribution in [-0.4, -0.2) is 12.6 Å². The number of ether oxygens (including phenoxy) is 1. The maximum absolute atomic E-state index is 6.32. The molecule has 0 amide bonds. The molecule has 2 rings (SSSR count). The van der Waals surface area contributed by atoms with E-state index in [1.807, 2.05) is 13.0 Å². The fourth-order valence-corrected chi connectivity index (χ4v) is 2.80. The molecule has 0 aromatic heterocycles. The highest BCUT2D eigenvalue weighted by Crippen LogP contribution is 2.35. The third kappa shape index (κ3) is 3.01. The molecule has 1 fully saturated rings. The van der Waals surface area contributed by atoms with Crippen LogP contribution in [0.5, 0.6) is 5.75 Å². The summed E-state index contributed by atoms with van der Waals surface area (Å²) in [5.74, 6) is 1.50. The first-order valence-corrected chi connectivity index (χ1v) is 6.80. The van der Waals surface area contributed by atoms with Gasteiger partial charge >= 0.3 is 0 Å². The van der Waals surface area contributed by atoms with Gasteiger partial charge in [-0.2, -0.15) is 0 Å². The van der Waals surface area contributed by atoms with Crippen molar-refractivity contribution in [3.05, 3.63) is 29.8 Å². The minimum atomic E-state index is 0.291. The number of hydrogen-bond acceptors (Lipinski definition) is 2. The average molecular weight is 233 g/mol. The van der Waals surface area contributed by atoms with Gasteiger partial charge in [0.15, 0.2) is 0 Å². The zero-order chi connectivity index (χ0) is 12.1. The van der Waals surface area contributed by atoms with Gasteiger partial charge in [0.05, 0.1) is 6.61 Å². The summed E-state index contributed by atoms with van der Waals surface area (Å²) >= 11 is 0. The van der Waals surface area contributed by atoms with E-state index in [1.165, 1.54) is 31.2 Å². The highest BCUT2D eigenvalue weighted by atomic mass is 16.5. The lowest BCUT2D eigenvalue weighted by Gasteiger charge is -2.24. The summed E-state index contributed by atoms with van der Waals surface area (Å²) in [6.45, 7) is 2.75. The van der Waals surface area contributed by atoms with Crippen molar-refractivity contribution in [1.82, 2.24) is 0 Å². The summed E-state index contributed by atoms with van der Waals surface area (Å²) in [6.07, 6.45) is 6.23. The largest absolute Gasteiger partial charge is 0.494 e. The fraction of sp³-hybridized carbons (Fsp3) is 0.600. The van der Waals surface area contributed by atoms with E-state index in [4.69, 9.17) is 10.5 Å². The Morgan fingerprint density at radius 2 is 1.94 bits per heavy atom. The van der Waals surface area contributed by atoms with Gasteiger partial charge in [-0.1, -0.05) is 37.5 Å². The van der Waals surface area contributed by atoms with E-state index in [0.29, 0.717) is 12.0 Å². The van der Waals surface area contributed by atoms with Crippen LogP contribution in [0, 0.1) is 0 Å². The Balaban J connectivity index is 2.24. The van der Waals surface area contributed by atoms with E-state index in [-0.39, 0.29) is 0 Å². The van der Waals surface area contributed by atoms with Gasteiger partial charge < -0.3 is 10.5 Å². The van der Waals surface area contributed by atoms with Crippen LogP contribution in [0.4, 0.5) is 0 Å². The maximum Gasteiger partial charge on any atom is 0.122 e. The predicted octanol–water partition coefficient (Wildman–Crippen LogP) is 3.46. The van der Waals surface area contributed by atoms with E-state index in [2.05, 4.69) is 18.2 Å². The minimum absolute atomic E-state index is 0.291. The number of benzene rings is 1. The molecule has 1 aliphatic rings. The molecule has 2 atom stereocenters. The topological polar surface area (TPSA) is 35.2 Å². The van der Waals surface area contributed by atoms with Crippen molar-refractivity contribution in [3.8, 4) is 5.75 Å². The van der Waals surface area contributed by atoms with Crippen molar-refractivity contribution in [2.45, 2.75) is 51.0 Å². The average Bonchev–Trinajstić information content (AvgIpc) is 2.55. The lowest BCUT2D eigenvalue weighted by Crippen LogP contribution is -2.27. The molecule has 2 heteroatoms. The number of rotatable bonds is 3. The molecule has 0 radical (unpaired) electrons. The van der Waals surface area contributed by atoms with Gasteiger partial charge in [0.2, 0.25) is 0 Å². The molecule has 1 saturated carbocycles. The molecule has 2 nitrogen and oxygen atoms in total. The first-order valence-electron chi connectivity index (χ1n) is 6.80. The van der Waals surface area contributed by atoms with E-state index in [0.717, 1.165) is 18.8 Å².